The minimum Gasteiger partial charge on any atom is -0.491 e. The molecule has 1 aliphatic carbocycles. The predicted molar refractivity (Wildman–Crippen MR) is 117 cm³/mol. The van der Waals surface area contributed by atoms with Crippen LogP contribution in [0.2, 0.25) is 5.02 Å². The van der Waals surface area contributed by atoms with E-state index in [2.05, 4.69) is 25.1 Å². The monoisotopic (exact) mass is 414 g/mol. The number of rotatable bonds is 5. The van der Waals surface area contributed by atoms with E-state index in [0.29, 0.717) is 18.4 Å². The Kier molecular flexibility index (Phi) is 6.08. The molecule has 2 aromatic rings. The van der Waals surface area contributed by atoms with Gasteiger partial charge >= 0.3 is 0 Å². The fourth-order valence-electron chi connectivity index (χ4n) is 4.90. The van der Waals surface area contributed by atoms with E-state index in [1.807, 2.05) is 26.0 Å². The summed E-state index contributed by atoms with van der Waals surface area (Å²) in [6.45, 7) is 6.99. The summed E-state index contributed by atoms with van der Waals surface area (Å²) in [4.78, 5) is 0. The van der Waals surface area contributed by atoms with Crippen molar-refractivity contribution in [2.45, 2.75) is 71.0 Å². The molecule has 1 heterocycles. The Hall–Kier alpha value is -1.71. The zero-order valence-electron chi connectivity index (χ0n) is 17.6. The zero-order valence-corrected chi connectivity index (χ0v) is 18.3. The molecule has 3 atom stereocenters. The molecule has 1 aliphatic heterocycles. The molecule has 3 unspecified atom stereocenters. The molecule has 4 rings (SSSR count). The molecule has 4 heteroatoms. The molecule has 29 heavy (non-hydrogen) atoms. The van der Waals surface area contributed by atoms with Crippen molar-refractivity contribution in [3.63, 3.8) is 0 Å². The lowest BCUT2D eigenvalue weighted by atomic mass is 9.75. The van der Waals surface area contributed by atoms with Crippen LogP contribution in [0.4, 0.5) is 0 Å². The molecule has 2 aliphatic rings. The predicted octanol–water partition coefficient (Wildman–Crippen LogP) is 5.92. The number of aliphatic hydroxyl groups excluding tert-OH is 1. The van der Waals surface area contributed by atoms with Crippen LogP contribution in [0.5, 0.6) is 11.5 Å². The molecule has 1 saturated carbocycles. The van der Waals surface area contributed by atoms with Crippen molar-refractivity contribution >= 4 is 11.6 Å². The minimum absolute atomic E-state index is 0.167. The molecule has 0 radical (unpaired) electrons. The Morgan fingerprint density at radius 2 is 1.93 bits per heavy atom. The molecule has 0 amide bonds. The molecule has 156 valence electrons. The van der Waals surface area contributed by atoms with Gasteiger partial charge in [-0.2, -0.15) is 0 Å². The highest BCUT2D eigenvalue weighted by Crippen LogP contribution is 2.46. The van der Waals surface area contributed by atoms with E-state index in [9.17, 15) is 5.11 Å². The summed E-state index contributed by atoms with van der Waals surface area (Å²) in [6.07, 6.45) is 4.47. The van der Waals surface area contributed by atoms with Gasteiger partial charge in [0.25, 0.3) is 0 Å². The number of ether oxygens (including phenoxy) is 2. The lowest BCUT2D eigenvalue weighted by Gasteiger charge is -2.32. The summed E-state index contributed by atoms with van der Waals surface area (Å²) in [6, 6.07) is 10.5. The Bertz CT molecular complexity index is 849. The number of benzene rings is 2. The second-order valence-electron chi connectivity index (χ2n) is 9.00. The van der Waals surface area contributed by atoms with Crippen molar-refractivity contribution in [2.24, 2.45) is 5.92 Å². The van der Waals surface area contributed by atoms with Crippen molar-refractivity contribution in [3.05, 3.63) is 57.6 Å². The van der Waals surface area contributed by atoms with Gasteiger partial charge in [-0.3, -0.25) is 0 Å². The van der Waals surface area contributed by atoms with Crippen LogP contribution in [0, 0.1) is 5.92 Å². The highest BCUT2D eigenvalue weighted by Gasteiger charge is 2.31. The fourth-order valence-corrected chi connectivity index (χ4v) is 5.19. The van der Waals surface area contributed by atoms with Gasteiger partial charge in [-0.05, 0) is 80.2 Å². The van der Waals surface area contributed by atoms with Crippen LogP contribution in [-0.2, 0) is 12.8 Å². The van der Waals surface area contributed by atoms with Crippen molar-refractivity contribution in [1.82, 2.24) is 0 Å². The normalized spacial score (nSPS) is 23.7. The van der Waals surface area contributed by atoms with Gasteiger partial charge in [0.1, 0.15) is 11.5 Å². The quantitative estimate of drug-likeness (QED) is 0.660. The highest BCUT2D eigenvalue weighted by molar-refractivity contribution is 6.33. The standard InChI is InChI=1S/C25H31ClO3/c1-15(2)29-21-6-4-17(5-7-21)12-19-14-23(18-10-16(3)11-20(27)13-18)22-8-9-28-25(22)24(19)26/h4-7,14-16,18,20,27H,8-13H2,1-3H3. The summed E-state index contributed by atoms with van der Waals surface area (Å²) < 4.78 is 11.7. The Balaban J connectivity index is 1.64. The first kappa shape index (κ1) is 20.6. The number of hydrogen-bond acceptors (Lipinski definition) is 3. The summed E-state index contributed by atoms with van der Waals surface area (Å²) in [7, 11) is 0. The first-order valence-corrected chi connectivity index (χ1v) is 11.2. The molecule has 1 fully saturated rings. The van der Waals surface area contributed by atoms with Crippen molar-refractivity contribution in [2.75, 3.05) is 6.61 Å². The van der Waals surface area contributed by atoms with E-state index < -0.39 is 0 Å². The highest BCUT2D eigenvalue weighted by atomic mass is 35.5. The second kappa shape index (κ2) is 8.57. The van der Waals surface area contributed by atoms with Gasteiger partial charge in [-0.25, -0.2) is 0 Å². The Morgan fingerprint density at radius 1 is 1.17 bits per heavy atom. The van der Waals surface area contributed by atoms with E-state index in [1.165, 1.54) is 16.7 Å². The maximum absolute atomic E-state index is 10.3. The number of hydrogen-bond donors (Lipinski definition) is 1. The maximum Gasteiger partial charge on any atom is 0.141 e. The van der Waals surface area contributed by atoms with Crippen LogP contribution < -0.4 is 9.47 Å². The van der Waals surface area contributed by atoms with Crippen LogP contribution in [0.25, 0.3) is 0 Å². The van der Waals surface area contributed by atoms with Gasteiger partial charge in [-0.1, -0.05) is 36.7 Å². The van der Waals surface area contributed by atoms with E-state index in [0.717, 1.165) is 54.2 Å². The fraction of sp³-hybridized carbons (Fsp3) is 0.520. The van der Waals surface area contributed by atoms with Gasteiger partial charge in [0.2, 0.25) is 0 Å². The summed E-state index contributed by atoms with van der Waals surface area (Å²) in [5.41, 5.74) is 4.89. The number of halogens is 1. The third kappa shape index (κ3) is 4.57. The average molecular weight is 415 g/mol. The zero-order chi connectivity index (χ0) is 20.5. The van der Waals surface area contributed by atoms with Crippen LogP contribution in [0.15, 0.2) is 30.3 Å². The minimum atomic E-state index is -0.214. The van der Waals surface area contributed by atoms with Crippen LogP contribution in [0.1, 0.15) is 68.2 Å². The molecule has 0 aromatic heterocycles. The number of aliphatic hydroxyl groups is 1. The first-order chi connectivity index (χ1) is 13.9. The molecule has 0 spiro atoms. The van der Waals surface area contributed by atoms with Gasteiger partial charge in [-0.15, -0.1) is 0 Å². The van der Waals surface area contributed by atoms with E-state index >= 15 is 0 Å². The Labute approximate surface area is 179 Å². The van der Waals surface area contributed by atoms with Crippen LogP contribution in [-0.4, -0.2) is 23.9 Å². The topological polar surface area (TPSA) is 38.7 Å². The maximum atomic E-state index is 10.3. The van der Waals surface area contributed by atoms with Crippen molar-refractivity contribution in [1.29, 1.82) is 0 Å². The third-order valence-electron chi connectivity index (χ3n) is 6.08. The molecule has 0 bridgehead atoms. The molecule has 3 nitrogen and oxygen atoms in total. The Morgan fingerprint density at radius 3 is 2.62 bits per heavy atom. The summed E-state index contributed by atoms with van der Waals surface area (Å²) in [5.74, 6) is 2.67. The van der Waals surface area contributed by atoms with E-state index in [1.54, 1.807) is 0 Å². The van der Waals surface area contributed by atoms with Gasteiger partial charge in [0.05, 0.1) is 23.8 Å². The SMILES string of the molecule is CC1CC(O)CC(c2cc(Cc3ccc(OC(C)C)cc3)c(Cl)c3c2CCO3)C1. The molecular weight excluding hydrogens is 384 g/mol. The van der Waals surface area contributed by atoms with Gasteiger partial charge < -0.3 is 14.6 Å². The van der Waals surface area contributed by atoms with E-state index in [4.69, 9.17) is 21.1 Å². The largest absolute Gasteiger partial charge is 0.491 e. The van der Waals surface area contributed by atoms with Crippen LogP contribution in [0.3, 0.4) is 0 Å². The number of fused-ring (bicyclic) bond motifs is 1. The first-order valence-electron chi connectivity index (χ1n) is 10.8. The van der Waals surface area contributed by atoms with Gasteiger partial charge in [0, 0.05) is 12.0 Å². The molecule has 0 saturated heterocycles. The lowest BCUT2D eigenvalue weighted by molar-refractivity contribution is 0.0944. The lowest BCUT2D eigenvalue weighted by Crippen LogP contribution is -2.24. The van der Waals surface area contributed by atoms with Crippen molar-refractivity contribution < 1.29 is 14.6 Å². The summed E-state index contributed by atoms with van der Waals surface area (Å²) in [5, 5.41) is 11.1. The van der Waals surface area contributed by atoms with Crippen LogP contribution >= 0.6 is 11.6 Å². The smallest absolute Gasteiger partial charge is 0.141 e. The second-order valence-corrected chi connectivity index (χ2v) is 9.37. The van der Waals surface area contributed by atoms with Gasteiger partial charge in [0.15, 0.2) is 0 Å². The molecular formula is C25H31ClO3. The van der Waals surface area contributed by atoms with Crippen molar-refractivity contribution in [3.8, 4) is 11.5 Å². The summed E-state index contributed by atoms with van der Waals surface area (Å²) >= 11 is 6.77. The third-order valence-corrected chi connectivity index (χ3v) is 6.49. The molecule has 2 aromatic carbocycles. The molecule has 1 N–H and O–H groups in total. The van der Waals surface area contributed by atoms with E-state index in [-0.39, 0.29) is 12.2 Å². The average Bonchev–Trinajstić information content (AvgIpc) is 3.14.